The van der Waals surface area contributed by atoms with Gasteiger partial charge >= 0.3 is 0 Å². The molecule has 2 rings (SSSR count). The number of rotatable bonds is 2. The van der Waals surface area contributed by atoms with Gasteiger partial charge in [0.05, 0.1) is 10.6 Å². The second-order valence-corrected chi connectivity index (χ2v) is 3.10. The van der Waals surface area contributed by atoms with Crippen LogP contribution in [0, 0.1) is 0 Å². The molecule has 2 aromatic rings. The van der Waals surface area contributed by atoms with E-state index in [1.54, 1.807) is 6.07 Å². The first-order chi connectivity index (χ1) is 7.27. The van der Waals surface area contributed by atoms with Crippen molar-refractivity contribution in [1.82, 2.24) is 10.1 Å². The van der Waals surface area contributed by atoms with Crippen molar-refractivity contribution < 1.29 is 9.32 Å². The molecule has 0 saturated heterocycles. The second kappa shape index (κ2) is 4.10. The van der Waals surface area contributed by atoms with Gasteiger partial charge in [-0.2, -0.15) is 0 Å². The number of nitrogens with zero attached hydrogens (tertiary/aromatic N) is 2. The average Bonchev–Trinajstić information content (AvgIpc) is 2.71. The summed E-state index contributed by atoms with van der Waals surface area (Å²) in [5.41, 5.74) is 0.294. The highest BCUT2D eigenvalue weighted by Gasteiger charge is 2.11. The lowest BCUT2D eigenvalue weighted by Gasteiger charge is -2.01. The van der Waals surface area contributed by atoms with Gasteiger partial charge in [0.2, 0.25) is 0 Å². The van der Waals surface area contributed by atoms with Gasteiger partial charge in [0.25, 0.3) is 5.91 Å². The number of carbonyl (C=O) groups is 1. The van der Waals surface area contributed by atoms with Crippen LogP contribution in [0.2, 0.25) is 5.02 Å². The van der Waals surface area contributed by atoms with E-state index in [1.165, 1.54) is 24.7 Å². The third-order valence-corrected chi connectivity index (χ3v) is 2.02. The van der Waals surface area contributed by atoms with Crippen molar-refractivity contribution in [1.29, 1.82) is 0 Å². The van der Waals surface area contributed by atoms with Crippen LogP contribution in [0.3, 0.4) is 0 Å². The summed E-state index contributed by atoms with van der Waals surface area (Å²) >= 11 is 5.81. The molecule has 0 spiro atoms. The zero-order valence-corrected chi connectivity index (χ0v) is 8.23. The molecule has 15 heavy (non-hydrogen) atoms. The van der Waals surface area contributed by atoms with Gasteiger partial charge in [-0.05, 0) is 6.07 Å². The minimum Gasteiger partial charge on any atom is -0.363 e. The van der Waals surface area contributed by atoms with Crippen molar-refractivity contribution in [3.05, 3.63) is 41.4 Å². The number of pyridine rings is 1. The van der Waals surface area contributed by atoms with Crippen LogP contribution in [-0.2, 0) is 0 Å². The van der Waals surface area contributed by atoms with Crippen LogP contribution in [-0.4, -0.2) is 16.0 Å². The predicted molar refractivity (Wildman–Crippen MR) is 53.7 cm³/mol. The quantitative estimate of drug-likeness (QED) is 0.845. The fourth-order valence-corrected chi connectivity index (χ4v) is 1.20. The van der Waals surface area contributed by atoms with Crippen molar-refractivity contribution in [2.24, 2.45) is 0 Å². The van der Waals surface area contributed by atoms with Gasteiger partial charge in [0, 0.05) is 18.5 Å². The third kappa shape index (κ3) is 2.13. The van der Waals surface area contributed by atoms with Crippen LogP contribution >= 0.6 is 11.6 Å². The lowest BCUT2D eigenvalue weighted by Crippen LogP contribution is -2.12. The molecule has 0 aliphatic carbocycles. The molecular weight excluding hydrogens is 218 g/mol. The second-order valence-electron chi connectivity index (χ2n) is 2.69. The highest BCUT2D eigenvalue weighted by atomic mass is 35.5. The maximum absolute atomic E-state index is 11.6. The zero-order valence-electron chi connectivity index (χ0n) is 7.48. The molecule has 2 aromatic heterocycles. The van der Waals surface area contributed by atoms with E-state index >= 15 is 0 Å². The van der Waals surface area contributed by atoms with Crippen molar-refractivity contribution in [3.8, 4) is 0 Å². The SMILES string of the molecule is O=C(Nc1ccon1)c1cnccc1Cl. The summed E-state index contributed by atoms with van der Waals surface area (Å²) in [6.07, 6.45) is 4.26. The van der Waals surface area contributed by atoms with E-state index in [9.17, 15) is 4.79 Å². The van der Waals surface area contributed by atoms with Crippen LogP contribution in [0.15, 0.2) is 35.3 Å². The summed E-state index contributed by atoms with van der Waals surface area (Å²) in [7, 11) is 0. The average molecular weight is 224 g/mol. The van der Waals surface area contributed by atoms with Crippen LogP contribution in [0.5, 0.6) is 0 Å². The summed E-state index contributed by atoms with van der Waals surface area (Å²) in [5.74, 6) is -0.0399. The Morgan fingerprint density at radius 1 is 1.47 bits per heavy atom. The van der Waals surface area contributed by atoms with E-state index in [0.29, 0.717) is 16.4 Å². The summed E-state index contributed by atoms with van der Waals surface area (Å²) in [4.78, 5) is 15.4. The number of aromatic nitrogens is 2. The molecule has 0 aliphatic rings. The highest BCUT2D eigenvalue weighted by molar-refractivity contribution is 6.34. The topological polar surface area (TPSA) is 68.0 Å². The summed E-state index contributed by atoms with van der Waals surface area (Å²) in [6.45, 7) is 0. The number of hydrogen-bond donors (Lipinski definition) is 1. The Labute approximate surface area is 90.1 Å². The van der Waals surface area contributed by atoms with E-state index in [2.05, 4.69) is 20.0 Å². The molecular formula is C9H6ClN3O2. The number of anilines is 1. The predicted octanol–water partition coefficient (Wildman–Crippen LogP) is 1.98. The van der Waals surface area contributed by atoms with Gasteiger partial charge in [-0.15, -0.1) is 0 Å². The molecule has 6 heteroatoms. The molecule has 0 bridgehead atoms. The standard InChI is InChI=1S/C9H6ClN3O2/c10-7-1-3-11-5-6(7)9(14)12-8-2-4-15-13-8/h1-5H,(H,12,13,14). The van der Waals surface area contributed by atoms with Crippen molar-refractivity contribution in [2.75, 3.05) is 5.32 Å². The highest BCUT2D eigenvalue weighted by Crippen LogP contribution is 2.14. The molecule has 1 amide bonds. The van der Waals surface area contributed by atoms with Crippen molar-refractivity contribution in [2.45, 2.75) is 0 Å². The molecule has 0 aliphatic heterocycles. The monoisotopic (exact) mass is 223 g/mol. The molecule has 2 heterocycles. The van der Waals surface area contributed by atoms with Gasteiger partial charge in [-0.25, -0.2) is 0 Å². The smallest absolute Gasteiger partial charge is 0.259 e. The lowest BCUT2D eigenvalue weighted by molar-refractivity contribution is 0.102. The maximum atomic E-state index is 11.6. The Kier molecular flexibility index (Phi) is 2.64. The number of halogens is 1. The van der Waals surface area contributed by atoms with Gasteiger partial charge in [-0.3, -0.25) is 9.78 Å². The molecule has 0 radical (unpaired) electrons. The maximum Gasteiger partial charge on any atom is 0.259 e. The Balaban J connectivity index is 2.19. The minimum atomic E-state index is -0.373. The summed E-state index contributed by atoms with van der Waals surface area (Å²) in [5, 5.41) is 6.39. The van der Waals surface area contributed by atoms with E-state index < -0.39 is 0 Å². The van der Waals surface area contributed by atoms with Crippen LogP contribution < -0.4 is 5.32 Å². The van der Waals surface area contributed by atoms with E-state index in [0.717, 1.165) is 0 Å². The Hall–Kier alpha value is -1.88. The summed E-state index contributed by atoms with van der Waals surface area (Å²) < 4.78 is 4.57. The minimum absolute atomic E-state index is 0.294. The number of carbonyl (C=O) groups excluding carboxylic acids is 1. The van der Waals surface area contributed by atoms with E-state index in [4.69, 9.17) is 11.6 Å². The first-order valence-electron chi connectivity index (χ1n) is 4.08. The van der Waals surface area contributed by atoms with Crippen LogP contribution in [0.25, 0.3) is 0 Å². The fourth-order valence-electron chi connectivity index (χ4n) is 1.01. The van der Waals surface area contributed by atoms with E-state index in [-0.39, 0.29) is 5.91 Å². The Bertz CT molecular complexity index is 470. The van der Waals surface area contributed by atoms with Crippen molar-refractivity contribution >= 4 is 23.3 Å². The fraction of sp³-hybridized carbons (Fsp3) is 0. The molecule has 0 unspecified atom stereocenters. The number of nitrogens with one attached hydrogen (secondary N) is 1. The molecule has 0 atom stereocenters. The first-order valence-corrected chi connectivity index (χ1v) is 4.46. The molecule has 0 aromatic carbocycles. The van der Waals surface area contributed by atoms with Crippen LogP contribution in [0.1, 0.15) is 10.4 Å². The van der Waals surface area contributed by atoms with Crippen molar-refractivity contribution in [3.63, 3.8) is 0 Å². The van der Waals surface area contributed by atoms with Gasteiger partial charge < -0.3 is 9.84 Å². The lowest BCUT2D eigenvalue weighted by atomic mass is 10.2. The largest absolute Gasteiger partial charge is 0.363 e. The normalized spacial score (nSPS) is 9.93. The summed E-state index contributed by atoms with van der Waals surface area (Å²) in [6, 6.07) is 3.07. The molecule has 1 N–H and O–H groups in total. The molecule has 0 fully saturated rings. The van der Waals surface area contributed by atoms with Gasteiger partial charge in [0.1, 0.15) is 6.26 Å². The molecule has 5 nitrogen and oxygen atoms in total. The number of amides is 1. The molecule has 0 saturated carbocycles. The molecule has 76 valence electrons. The third-order valence-electron chi connectivity index (χ3n) is 1.69. The number of hydrogen-bond acceptors (Lipinski definition) is 4. The zero-order chi connectivity index (χ0) is 10.7. The van der Waals surface area contributed by atoms with Gasteiger partial charge in [-0.1, -0.05) is 16.8 Å². The van der Waals surface area contributed by atoms with Crippen LogP contribution in [0.4, 0.5) is 5.82 Å². The van der Waals surface area contributed by atoms with E-state index in [1.807, 2.05) is 0 Å². The Morgan fingerprint density at radius 3 is 3.00 bits per heavy atom. The first kappa shape index (κ1) is 9.67. The Morgan fingerprint density at radius 2 is 2.33 bits per heavy atom. The van der Waals surface area contributed by atoms with Gasteiger partial charge in [0.15, 0.2) is 5.82 Å².